The molecule has 3 aromatic rings. The molecule has 202 valence electrons. The summed E-state index contributed by atoms with van der Waals surface area (Å²) in [5.41, 5.74) is 4.42. The van der Waals surface area contributed by atoms with Gasteiger partial charge in [0.15, 0.2) is 11.5 Å². The Balaban J connectivity index is 1.19. The van der Waals surface area contributed by atoms with Crippen molar-refractivity contribution in [2.75, 3.05) is 52.9 Å². The molecule has 1 aliphatic heterocycles. The van der Waals surface area contributed by atoms with Crippen LogP contribution in [0.15, 0.2) is 65.6 Å². The molecule has 1 aliphatic rings. The largest absolute Gasteiger partial charge is 0.494 e. The molecule has 1 unspecified atom stereocenters. The van der Waals surface area contributed by atoms with Gasteiger partial charge in [-0.3, -0.25) is 4.79 Å². The summed E-state index contributed by atoms with van der Waals surface area (Å²) in [5, 5.41) is -0.238. The minimum Gasteiger partial charge on any atom is -0.494 e. The van der Waals surface area contributed by atoms with Crippen LogP contribution in [0, 0.1) is 6.92 Å². The summed E-state index contributed by atoms with van der Waals surface area (Å²) < 4.78 is 16.7. The highest BCUT2D eigenvalue weighted by molar-refractivity contribution is 8.00. The van der Waals surface area contributed by atoms with Gasteiger partial charge in [0.05, 0.1) is 26.5 Å². The van der Waals surface area contributed by atoms with Crippen molar-refractivity contribution in [2.45, 2.75) is 36.3 Å². The molecule has 0 fully saturated rings. The molecule has 6 nitrogen and oxygen atoms in total. The summed E-state index contributed by atoms with van der Waals surface area (Å²) in [6.07, 6.45) is 3.02. The molecule has 0 saturated heterocycles. The van der Waals surface area contributed by atoms with Crippen LogP contribution >= 0.6 is 11.8 Å². The lowest BCUT2D eigenvalue weighted by atomic mass is 10.1. The molecule has 7 heteroatoms. The lowest BCUT2D eigenvalue weighted by molar-refractivity contribution is -0.118. The van der Waals surface area contributed by atoms with Crippen molar-refractivity contribution >= 4 is 23.4 Å². The number of benzene rings is 3. The molecule has 0 aliphatic carbocycles. The number of nitrogens with zero attached hydrogens (tertiary/aromatic N) is 2. The van der Waals surface area contributed by atoms with Crippen LogP contribution < -0.4 is 19.1 Å². The lowest BCUT2D eigenvalue weighted by Gasteiger charge is -2.31. The van der Waals surface area contributed by atoms with E-state index >= 15 is 0 Å². The monoisotopic (exact) mass is 534 g/mol. The van der Waals surface area contributed by atoms with Crippen LogP contribution in [0.3, 0.4) is 0 Å². The maximum Gasteiger partial charge on any atom is 0.244 e. The van der Waals surface area contributed by atoms with Gasteiger partial charge in [0.1, 0.15) is 11.0 Å². The topological polar surface area (TPSA) is 51.2 Å². The standard InChI is InChI=1S/C31H38N2O4S/c1-22-8-14-26-29(20-22)38-30(31(34)33(26)3)24-10-12-25(13-11-24)37-19-7-6-17-32(2)18-16-23-9-15-27(35-4)28(21-23)36-5/h8-15,20-21,30H,6-7,16-19H2,1-5H3. The first-order valence-electron chi connectivity index (χ1n) is 13.1. The Kier molecular flexibility index (Phi) is 9.58. The fraction of sp³-hybridized carbons (Fsp3) is 0.387. The van der Waals surface area contributed by atoms with Crippen molar-refractivity contribution in [2.24, 2.45) is 0 Å². The molecule has 0 spiro atoms. The Hall–Kier alpha value is -3.16. The average molecular weight is 535 g/mol. The molecular weight excluding hydrogens is 496 g/mol. The maximum absolute atomic E-state index is 13.0. The molecule has 1 amide bonds. The third-order valence-electron chi connectivity index (χ3n) is 6.89. The molecule has 0 saturated carbocycles. The van der Waals surface area contributed by atoms with Crippen molar-refractivity contribution in [3.8, 4) is 17.2 Å². The summed E-state index contributed by atoms with van der Waals surface area (Å²) in [5.74, 6) is 2.48. The third-order valence-corrected chi connectivity index (χ3v) is 8.18. The number of aryl methyl sites for hydroxylation is 1. The van der Waals surface area contributed by atoms with Gasteiger partial charge in [-0.25, -0.2) is 0 Å². The summed E-state index contributed by atoms with van der Waals surface area (Å²) in [7, 11) is 7.33. The third kappa shape index (κ3) is 6.83. The Labute approximate surface area is 230 Å². The first-order valence-corrected chi connectivity index (χ1v) is 13.9. The normalized spacial score (nSPS) is 14.9. The molecular formula is C31H38N2O4S. The van der Waals surface area contributed by atoms with Crippen LogP contribution in [0.2, 0.25) is 0 Å². The molecule has 0 radical (unpaired) electrons. The van der Waals surface area contributed by atoms with E-state index < -0.39 is 0 Å². The second-order valence-corrected chi connectivity index (χ2v) is 10.9. The predicted molar refractivity (Wildman–Crippen MR) is 155 cm³/mol. The van der Waals surface area contributed by atoms with E-state index in [9.17, 15) is 4.79 Å². The highest BCUT2D eigenvalue weighted by Crippen LogP contribution is 2.46. The van der Waals surface area contributed by atoms with E-state index in [2.05, 4.69) is 31.0 Å². The molecule has 3 aromatic carbocycles. The number of carbonyl (C=O) groups is 1. The Morgan fingerprint density at radius 1 is 0.921 bits per heavy atom. The van der Waals surface area contributed by atoms with Gasteiger partial charge in [0, 0.05) is 18.5 Å². The Bertz CT molecular complexity index is 1230. The fourth-order valence-electron chi connectivity index (χ4n) is 4.56. The molecule has 0 aromatic heterocycles. The minimum atomic E-state index is -0.238. The number of methoxy groups -OCH3 is 2. The van der Waals surface area contributed by atoms with Crippen LogP contribution in [0.1, 0.15) is 34.8 Å². The van der Waals surface area contributed by atoms with Crippen LogP contribution in [-0.2, 0) is 11.2 Å². The summed E-state index contributed by atoms with van der Waals surface area (Å²) >= 11 is 1.63. The van der Waals surface area contributed by atoms with Crippen LogP contribution in [0.4, 0.5) is 5.69 Å². The van der Waals surface area contributed by atoms with Crippen LogP contribution in [0.25, 0.3) is 0 Å². The van der Waals surface area contributed by atoms with Crippen molar-refractivity contribution in [3.63, 3.8) is 0 Å². The van der Waals surface area contributed by atoms with Crippen molar-refractivity contribution in [1.82, 2.24) is 4.90 Å². The minimum absolute atomic E-state index is 0.107. The Morgan fingerprint density at radius 3 is 2.42 bits per heavy atom. The highest BCUT2D eigenvalue weighted by atomic mass is 32.2. The van der Waals surface area contributed by atoms with Gasteiger partial charge < -0.3 is 24.0 Å². The number of carbonyl (C=O) groups excluding carboxylic acids is 1. The predicted octanol–water partition coefficient (Wildman–Crippen LogP) is 6.16. The van der Waals surface area contributed by atoms with E-state index in [-0.39, 0.29) is 11.2 Å². The second kappa shape index (κ2) is 13.1. The highest BCUT2D eigenvalue weighted by Gasteiger charge is 2.32. The molecule has 4 rings (SSSR count). The number of unbranched alkanes of at least 4 members (excludes halogenated alkanes) is 1. The van der Waals surface area contributed by atoms with Gasteiger partial charge in [0.25, 0.3) is 0 Å². The van der Waals surface area contributed by atoms with Crippen molar-refractivity contribution in [1.29, 1.82) is 0 Å². The number of rotatable bonds is 12. The molecule has 0 bridgehead atoms. The molecule has 38 heavy (non-hydrogen) atoms. The van der Waals surface area contributed by atoms with Crippen LogP contribution in [-0.4, -0.2) is 58.8 Å². The van der Waals surface area contributed by atoms with Gasteiger partial charge in [-0.15, -0.1) is 11.8 Å². The summed E-state index contributed by atoms with van der Waals surface area (Å²) in [6, 6.07) is 20.3. The number of hydrogen-bond donors (Lipinski definition) is 0. The number of amides is 1. The zero-order valence-corrected chi connectivity index (χ0v) is 23.8. The maximum atomic E-state index is 13.0. The van der Waals surface area contributed by atoms with Gasteiger partial charge in [-0.2, -0.15) is 0 Å². The average Bonchev–Trinajstić information content (AvgIpc) is 2.93. The number of anilines is 1. The number of likely N-dealkylation sites (N-methyl/N-ethyl adjacent to an activating group) is 2. The first-order chi connectivity index (χ1) is 18.4. The smallest absolute Gasteiger partial charge is 0.244 e. The van der Waals surface area contributed by atoms with Gasteiger partial charge in [0.2, 0.25) is 5.91 Å². The molecule has 1 atom stereocenters. The second-order valence-electron chi connectivity index (χ2n) is 9.73. The number of fused-ring (bicyclic) bond motifs is 1. The molecule has 0 N–H and O–H groups in total. The SMILES string of the molecule is COc1ccc(CCN(C)CCCCOc2ccc(C3Sc4cc(C)ccc4N(C)C3=O)cc2)cc1OC. The zero-order valence-electron chi connectivity index (χ0n) is 23.0. The van der Waals surface area contributed by atoms with E-state index in [0.717, 1.165) is 65.7 Å². The van der Waals surface area contributed by atoms with Gasteiger partial charge in [-0.1, -0.05) is 24.3 Å². The fourth-order valence-corrected chi connectivity index (χ4v) is 5.94. The van der Waals surface area contributed by atoms with E-state index in [4.69, 9.17) is 14.2 Å². The first kappa shape index (κ1) is 27.9. The van der Waals surface area contributed by atoms with E-state index in [1.165, 1.54) is 11.1 Å². The Morgan fingerprint density at radius 2 is 1.68 bits per heavy atom. The number of thioether (sulfide) groups is 1. The van der Waals surface area contributed by atoms with E-state index in [1.54, 1.807) is 30.9 Å². The van der Waals surface area contributed by atoms with Crippen molar-refractivity contribution < 1.29 is 19.0 Å². The van der Waals surface area contributed by atoms with Gasteiger partial charge in [-0.05, 0) is 92.9 Å². The number of hydrogen-bond acceptors (Lipinski definition) is 6. The van der Waals surface area contributed by atoms with E-state index in [1.807, 2.05) is 55.6 Å². The van der Waals surface area contributed by atoms with E-state index in [0.29, 0.717) is 6.61 Å². The van der Waals surface area contributed by atoms with Gasteiger partial charge >= 0.3 is 0 Å². The van der Waals surface area contributed by atoms with Crippen LogP contribution in [0.5, 0.6) is 17.2 Å². The lowest BCUT2D eigenvalue weighted by Crippen LogP contribution is -2.33. The zero-order chi connectivity index (χ0) is 27.1. The molecule has 1 heterocycles. The van der Waals surface area contributed by atoms with Crippen molar-refractivity contribution in [3.05, 3.63) is 77.4 Å². The quantitative estimate of drug-likeness (QED) is 0.260. The summed E-state index contributed by atoms with van der Waals surface area (Å²) in [6.45, 7) is 4.76. The summed E-state index contributed by atoms with van der Waals surface area (Å²) in [4.78, 5) is 18.3. The number of ether oxygens (including phenoxy) is 3.